The third-order valence-electron chi connectivity index (χ3n) is 6.92. The number of hydrogen-bond acceptors (Lipinski definition) is 4. The second-order valence-corrected chi connectivity index (χ2v) is 9.83. The summed E-state index contributed by atoms with van der Waals surface area (Å²) in [7, 11) is 0. The van der Waals surface area contributed by atoms with Crippen LogP contribution in [0, 0.1) is 11.3 Å². The molecule has 2 atom stereocenters. The van der Waals surface area contributed by atoms with Crippen LogP contribution in [0.3, 0.4) is 0 Å². The van der Waals surface area contributed by atoms with Crippen molar-refractivity contribution in [2.75, 3.05) is 6.54 Å². The van der Waals surface area contributed by atoms with E-state index in [0.717, 1.165) is 16.8 Å². The maximum absolute atomic E-state index is 13.7. The van der Waals surface area contributed by atoms with Crippen LogP contribution in [0.1, 0.15) is 63.1 Å². The predicted molar refractivity (Wildman–Crippen MR) is 132 cm³/mol. The monoisotopic (exact) mass is 507 g/mol. The van der Waals surface area contributed by atoms with E-state index in [1.165, 1.54) is 0 Å². The minimum atomic E-state index is -0.161. The van der Waals surface area contributed by atoms with Crippen molar-refractivity contribution in [3.05, 3.63) is 86.2 Å². The van der Waals surface area contributed by atoms with E-state index in [9.17, 15) is 9.59 Å². The fraction of sp³-hybridized carbons (Fsp3) is 0.308. The molecule has 2 aromatic carbocycles. The van der Waals surface area contributed by atoms with Gasteiger partial charge in [0, 0.05) is 30.1 Å². The average molecular weight is 508 g/mol. The third kappa shape index (κ3) is 4.07. The maximum Gasteiger partial charge on any atom is 0.273 e. The van der Waals surface area contributed by atoms with Crippen molar-refractivity contribution in [2.24, 2.45) is 0 Å². The smallest absolute Gasteiger partial charge is 0.273 e. The number of nitrogens with zero attached hydrogens (tertiary/aromatic N) is 5. The van der Waals surface area contributed by atoms with E-state index in [2.05, 4.69) is 6.07 Å². The van der Waals surface area contributed by atoms with Crippen molar-refractivity contribution in [2.45, 2.75) is 45.4 Å². The minimum absolute atomic E-state index is 0.0785. The molecule has 3 aromatic rings. The molecule has 7 nitrogen and oxygen atoms in total. The molecule has 0 bridgehead atoms. The number of rotatable bonds is 3. The Morgan fingerprint density at radius 2 is 1.89 bits per heavy atom. The van der Waals surface area contributed by atoms with E-state index in [1.807, 2.05) is 30.9 Å². The first-order valence-electron chi connectivity index (χ1n) is 11.4. The van der Waals surface area contributed by atoms with Crippen molar-refractivity contribution >= 4 is 35.0 Å². The molecular weight excluding hydrogens is 485 g/mol. The van der Waals surface area contributed by atoms with E-state index in [-0.39, 0.29) is 23.9 Å². The van der Waals surface area contributed by atoms with Gasteiger partial charge in [0.05, 0.1) is 46.5 Å². The molecule has 3 heterocycles. The Labute approximate surface area is 213 Å². The molecule has 0 radical (unpaired) electrons. The highest BCUT2D eigenvalue weighted by Gasteiger charge is 2.38. The summed E-state index contributed by atoms with van der Waals surface area (Å²) in [6.07, 6.45) is 0.570. The molecule has 35 heavy (non-hydrogen) atoms. The number of fused-ring (bicyclic) bond motifs is 3. The lowest BCUT2D eigenvalue weighted by Gasteiger charge is -2.35. The average Bonchev–Trinajstić information content (AvgIpc) is 3.22. The summed E-state index contributed by atoms with van der Waals surface area (Å²) in [5, 5.41) is 14.5. The summed E-state index contributed by atoms with van der Waals surface area (Å²) in [5.41, 5.74) is 4.22. The van der Waals surface area contributed by atoms with Gasteiger partial charge in [0.25, 0.3) is 11.8 Å². The SMILES string of the molecule is CC(c1ccc(C#N)cc1)N1CCn2nc3c(c2C1=O)CN(C(=O)c1ccc(Cl)c(Cl)c1)[C@H](C)C3. The molecule has 1 unspecified atom stereocenters. The summed E-state index contributed by atoms with van der Waals surface area (Å²) >= 11 is 12.2. The van der Waals surface area contributed by atoms with Crippen LogP contribution in [0.5, 0.6) is 0 Å². The third-order valence-corrected chi connectivity index (χ3v) is 7.66. The number of carbonyl (C=O) groups is 2. The molecule has 0 aliphatic carbocycles. The van der Waals surface area contributed by atoms with Gasteiger partial charge in [0.1, 0.15) is 5.69 Å². The van der Waals surface area contributed by atoms with Gasteiger partial charge in [0.15, 0.2) is 0 Å². The lowest BCUT2D eigenvalue weighted by Crippen LogP contribution is -2.44. The molecule has 0 saturated heterocycles. The van der Waals surface area contributed by atoms with Crippen LogP contribution in [0.15, 0.2) is 42.5 Å². The summed E-state index contributed by atoms with van der Waals surface area (Å²) in [4.78, 5) is 30.6. The van der Waals surface area contributed by atoms with Gasteiger partial charge in [-0.1, -0.05) is 35.3 Å². The first kappa shape index (κ1) is 23.4. The zero-order valence-corrected chi connectivity index (χ0v) is 20.8. The molecule has 0 saturated carbocycles. The number of amides is 2. The van der Waals surface area contributed by atoms with Crippen molar-refractivity contribution in [1.29, 1.82) is 5.26 Å². The fourth-order valence-electron chi connectivity index (χ4n) is 4.89. The van der Waals surface area contributed by atoms with E-state index in [0.29, 0.717) is 52.9 Å². The standard InChI is InChI=1S/C26H23Cl2N5O2/c1-15-11-23-20(14-32(15)25(34)19-7-8-21(27)22(28)12-19)24-26(35)31(9-10-33(24)30-23)16(2)18-5-3-17(13-29)4-6-18/h3-8,12,15-16H,9-11,14H2,1-2H3/t15-,16?/m1/s1. The topological polar surface area (TPSA) is 82.2 Å². The normalized spacial score (nSPS) is 18.0. The number of hydrogen-bond donors (Lipinski definition) is 0. The molecule has 1 aromatic heterocycles. The number of benzene rings is 2. The largest absolute Gasteiger partial charge is 0.331 e. The zero-order chi connectivity index (χ0) is 24.9. The molecule has 178 valence electrons. The Morgan fingerprint density at radius 1 is 1.14 bits per heavy atom. The highest BCUT2D eigenvalue weighted by molar-refractivity contribution is 6.42. The van der Waals surface area contributed by atoms with E-state index < -0.39 is 0 Å². The summed E-state index contributed by atoms with van der Waals surface area (Å²) in [5.74, 6) is -0.258. The molecule has 2 aliphatic heterocycles. The van der Waals surface area contributed by atoms with Crippen LogP contribution in [0.2, 0.25) is 10.0 Å². The van der Waals surface area contributed by atoms with Gasteiger partial charge in [-0.05, 0) is 49.7 Å². The minimum Gasteiger partial charge on any atom is -0.331 e. The van der Waals surface area contributed by atoms with Gasteiger partial charge in [-0.3, -0.25) is 14.3 Å². The Bertz CT molecular complexity index is 1380. The van der Waals surface area contributed by atoms with Crippen LogP contribution in [-0.2, 0) is 19.5 Å². The second-order valence-electron chi connectivity index (χ2n) is 9.02. The van der Waals surface area contributed by atoms with Gasteiger partial charge in [0.2, 0.25) is 0 Å². The first-order chi connectivity index (χ1) is 16.8. The molecule has 0 N–H and O–H groups in total. The van der Waals surface area contributed by atoms with Crippen molar-refractivity contribution in [3.8, 4) is 6.07 Å². The zero-order valence-electron chi connectivity index (χ0n) is 19.3. The molecule has 5 rings (SSSR count). The van der Waals surface area contributed by atoms with Gasteiger partial charge in [-0.15, -0.1) is 0 Å². The van der Waals surface area contributed by atoms with Gasteiger partial charge >= 0.3 is 0 Å². The van der Waals surface area contributed by atoms with Crippen molar-refractivity contribution in [3.63, 3.8) is 0 Å². The van der Waals surface area contributed by atoms with Crippen molar-refractivity contribution < 1.29 is 9.59 Å². The first-order valence-corrected chi connectivity index (χ1v) is 12.2. The number of aromatic nitrogens is 2. The van der Waals surface area contributed by atoms with Gasteiger partial charge < -0.3 is 9.80 Å². The lowest BCUT2D eigenvalue weighted by molar-refractivity contribution is 0.0605. The second kappa shape index (κ2) is 9.03. The molecule has 2 amide bonds. The summed E-state index contributed by atoms with van der Waals surface area (Å²) in [6.45, 7) is 5.40. The number of nitriles is 1. The highest BCUT2D eigenvalue weighted by atomic mass is 35.5. The fourth-order valence-corrected chi connectivity index (χ4v) is 5.19. The van der Waals surface area contributed by atoms with Crippen LogP contribution in [-0.4, -0.2) is 44.0 Å². The quantitative estimate of drug-likeness (QED) is 0.506. The molecule has 2 aliphatic rings. The lowest BCUT2D eigenvalue weighted by atomic mass is 9.97. The van der Waals surface area contributed by atoms with Crippen LogP contribution in [0.25, 0.3) is 0 Å². The van der Waals surface area contributed by atoms with Crippen LogP contribution in [0.4, 0.5) is 0 Å². The Hall–Kier alpha value is -3.34. The predicted octanol–water partition coefficient (Wildman–Crippen LogP) is 4.87. The molecule has 0 spiro atoms. The maximum atomic E-state index is 13.7. The van der Waals surface area contributed by atoms with E-state index >= 15 is 0 Å². The number of halogens is 2. The summed E-state index contributed by atoms with van der Waals surface area (Å²) < 4.78 is 1.79. The van der Waals surface area contributed by atoms with E-state index in [1.54, 1.807) is 39.9 Å². The highest BCUT2D eigenvalue weighted by Crippen LogP contribution is 2.33. The number of carbonyl (C=O) groups excluding carboxylic acids is 2. The Balaban J connectivity index is 1.43. The summed E-state index contributed by atoms with van der Waals surface area (Å²) in [6, 6.07) is 14.0. The van der Waals surface area contributed by atoms with Gasteiger partial charge in [-0.2, -0.15) is 10.4 Å². The van der Waals surface area contributed by atoms with Crippen LogP contribution < -0.4 is 0 Å². The molecular formula is C26H23Cl2N5O2. The van der Waals surface area contributed by atoms with Gasteiger partial charge in [-0.25, -0.2) is 0 Å². The van der Waals surface area contributed by atoms with Crippen molar-refractivity contribution in [1.82, 2.24) is 19.6 Å². The Morgan fingerprint density at radius 3 is 2.57 bits per heavy atom. The van der Waals surface area contributed by atoms with E-state index in [4.69, 9.17) is 33.6 Å². The Kier molecular flexibility index (Phi) is 6.04. The van der Waals surface area contributed by atoms with Crippen LogP contribution >= 0.6 is 23.2 Å². The molecule has 9 heteroatoms. The molecule has 0 fully saturated rings.